The van der Waals surface area contributed by atoms with Crippen molar-refractivity contribution in [1.29, 1.82) is 0 Å². The Morgan fingerprint density at radius 2 is 0.897 bits per heavy atom. The Hall–Kier alpha value is -0.0169. The Morgan fingerprint density at radius 1 is 0.586 bits per heavy atom. The van der Waals surface area contributed by atoms with Gasteiger partial charge in [-0.1, -0.05) is 52.3 Å². The number of aryl methyl sites for hydroxylation is 4. The molecular weight excluding hydrogens is 512 g/mol. The standard InChI is InChI=1S/C24H26P2.2ClH.Zr/c1-15-7-8-16(2)22-12-19(11-21(15)22)25(5)26(6)20-13-23-17(3)9-10-18(4)24(23)14-20;;;/h7-14H,1-6H3;2*1H;/q-2;;;+4/p-2. The van der Waals surface area contributed by atoms with Crippen molar-refractivity contribution in [2.75, 3.05) is 13.3 Å². The molecule has 4 rings (SSSR count). The monoisotopic (exact) mass is 536 g/mol. The van der Waals surface area contributed by atoms with Crippen LogP contribution >= 0.6 is 15.2 Å². The maximum absolute atomic E-state index is 2.47. The van der Waals surface area contributed by atoms with Gasteiger partial charge in [-0.05, 0) is 27.2 Å². The van der Waals surface area contributed by atoms with Crippen LogP contribution in [-0.4, -0.2) is 13.3 Å². The van der Waals surface area contributed by atoms with E-state index in [-0.39, 0.29) is 66.2 Å². The maximum atomic E-state index is 2.47. The van der Waals surface area contributed by atoms with Gasteiger partial charge in [0.05, 0.1) is 0 Å². The predicted molar refractivity (Wildman–Crippen MR) is 123 cm³/mol. The van der Waals surface area contributed by atoms with E-state index in [1.54, 1.807) is 10.6 Å². The van der Waals surface area contributed by atoms with Crippen LogP contribution < -0.4 is 35.4 Å². The minimum atomic E-state index is -0.176. The molecule has 0 aliphatic carbocycles. The van der Waals surface area contributed by atoms with Crippen molar-refractivity contribution in [3.05, 3.63) is 70.8 Å². The molecular formula is C24H26Cl2P2Zr. The Kier molecular flexibility index (Phi) is 9.81. The van der Waals surface area contributed by atoms with Gasteiger partial charge in [0.25, 0.3) is 0 Å². The van der Waals surface area contributed by atoms with Gasteiger partial charge in [-0.25, -0.2) is 0 Å². The Labute approximate surface area is 208 Å². The van der Waals surface area contributed by atoms with Gasteiger partial charge in [-0.3, -0.25) is 0 Å². The Balaban J connectivity index is 0.00000140. The zero-order chi connectivity index (χ0) is 18.6. The van der Waals surface area contributed by atoms with Crippen molar-refractivity contribution in [2.24, 2.45) is 0 Å². The molecule has 5 heteroatoms. The van der Waals surface area contributed by atoms with Gasteiger partial charge >= 0.3 is 26.2 Å². The van der Waals surface area contributed by atoms with Crippen molar-refractivity contribution < 1.29 is 51.0 Å². The molecule has 4 aromatic carbocycles. The zero-order valence-corrected chi connectivity index (χ0v) is 23.5. The first kappa shape index (κ1) is 27.0. The second-order valence-electron chi connectivity index (χ2n) is 7.53. The minimum Gasteiger partial charge on any atom is -1.00 e. The number of rotatable bonds is 3. The van der Waals surface area contributed by atoms with Crippen LogP contribution in [0.3, 0.4) is 0 Å². The van der Waals surface area contributed by atoms with Crippen LogP contribution in [0.2, 0.25) is 0 Å². The van der Waals surface area contributed by atoms with Gasteiger partial charge in [-0.15, -0.1) is 67.5 Å². The summed E-state index contributed by atoms with van der Waals surface area (Å²) in [5, 5.41) is 8.88. The van der Waals surface area contributed by atoms with Crippen LogP contribution in [0.4, 0.5) is 0 Å². The Bertz CT molecular complexity index is 959. The number of hydrogen-bond acceptors (Lipinski definition) is 0. The fourth-order valence-electron chi connectivity index (χ4n) is 3.87. The number of halogens is 2. The molecule has 29 heavy (non-hydrogen) atoms. The van der Waals surface area contributed by atoms with Crippen molar-refractivity contribution >= 4 is 47.4 Å². The minimum absolute atomic E-state index is 0. The maximum Gasteiger partial charge on any atom is 4.00 e. The van der Waals surface area contributed by atoms with Crippen molar-refractivity contribution in [2.45, 2.75) is 27.7 Å². The average molecular weight is 539 g/mol. The molecule has 0 N–H and O–H groups in total. The summed E-state index contributed by atoms with van der Waals surface area (Å²) in [6, 6.07) is 18.9. The summed E-state index contributed by atoms with van der Waals surface area (Å²) in [5.74, 6) is 0. The van der Waals surface area contributed by atoms with E-state index in [0.717, 1.165) is 0 Å². The van der Waals surface area contributed by atoms with E-state index in [2.05, 4.69) is 89.6 Å². The van der Waals surface area contributed by atoms with Crippen LogP contribution in [-0.2, 0) is 26.2 Å². The summed E-state index contributed by atoms with van der Waals surface area (Å²) in [7, 11) is -0.352. The van der Waals surface area contributed by atoms with Gasteiger partial charge in [-0.2, -0.15) is 12.1 Å². The molecule has 150 valence electrons. The summed E-state index contributed by atoms with van der Waals surface area (Å²) in [4.78, 5) is 0. The van der Waals surface area contributed by atoms with Crippen LogP contribution in [0.5, 0.6) is 0 Å². The predicted octanol–water partition coefficient (Wildman–Crippen LogP) is 0.759. The zero-order valence-electron chi connectivity index (χ0n) is 17.8. The summed E-state index contributed by atoms with van der Waals surface area (Å²) in [6.07, 6.45) is 0. The fourth-order valence-corrected chi connectivity index (χ4v) is 8.60. The number of hydrogen-bond donors (Lipinski definition) is 0. The second-order valence-corrected chi connectivity index (χ2v) is 14.3. The molecule has 0 radical (unpaired) electrons. The Morgan fingerprint density at radius 3 is 1.21 bits per heavy atom. The molecule has 0 spiro atoms. The third kappa shape index (κ3) is 4.92. The van der Waals surface area contributed by atoms with E-state index in [9.17, 15) is 0 Å². The third-order valence-electron chi connectivity index (χ3n) is 5.81. The van der Waals surface area contributed by atoms with E-state index in [1.165, 1.54) is 43.8 Å². The topological polar surface area (TPSA) is 0 Å². The van der Waals surface area contributed by atoms with Crippen molar-refractivity contribution in [3.63, 3.8) is 0 Å². The molecule has 2 unspecified atom stereocenters. The van der Waals surface area contributed by atoms with E-state index in [0.29, 0.717) is 0 Å². The SMILES string of the molecule is Cc1ccc(C)c2[cH-]c(P(C)P(C)c3cc4c(C)ccc(C)c4[cH-]3)cc12.[Cl-].[Cl-].[Zr+4]. The average Bonchev–Trinajstić information content (AvgIpc) is 3.26. The number of fused-ring (bicyclic) bond motifs is 2. The number of benzene rings is 2. The summed E-state index contributed by atoms with van der Waals surface area (Å²) < 4.78 is 0. The molecule has 0 nitrogen and oxygen atoms in total. The molecule has 0 saturated heterocycles. The van der Waals surface area contributed by atoms with Gasteiger partial charge in [0.1, 0.15) is 0 Å². The molecule has 0 aliphatic heterocycles. The molecule has 0 saturated carbocycles. The summed E-state index contributed by atoms with van der Waals surface area (Å²) in [5.41, 5.74) is 5.58. The normalized spacial score (nSPS) is 12.8. The van der Waals surface area contributed by atoms with E-state index < -0.39 is 0 Å². The molecule has 2 atom stereocenters. The summed E-state index contributed by atoms with van der Waals surface area (Å²) >= 11 is 0. The first-order valence-corrected chi connectivity index (χ1v) is 13.5. The van der Waals surface area contributed by atoms with E-state index in [4.69, 9.17) is 0 Å². The quantitative estimate of drug-likeness (QED) is 0.267. The first-order chi connectivity index (χ1) is 12.4. The molecule has 0 fully saturated rings. The molecule has 0 aliphatic rings. The van der Waals surface area contributed by atoms with Crippen molar-refractivity contribution in [1.82, 2.24) is 0 Å². The fraction of sp³-hybridized carbons (Fsp3) is 0.250. The van der Waals surface area contributed by atoms with E-state index in [1.807, 2.05) is 0 Å². The van der Waals surface area contributed by atoms with Crippen LogP contribution in [0, 0.1) is 27.7 Å². The van der Waals surface area contributed by atoms with Crippen LogP contribution in [0.1, 0.15) is 22.3 Å². The first-order valence-electron chi connectivity index (χ1n) is 9.17. The molecule has 0 heterocycles. The van der Waals surface area contributed by atoms with Crippen LogP contribution in [0.15, 0.2) is 48.5 Å². The van der Waals surface area contributed by atoms with Gasteiger partial charge in [0.2, 0.25) is 0 Å². The van der Waals surface area contributed by atoms with Gasteiger partial charge in [0, 0.05) is 0 Å². The smallest absolute Gasteiger partial charge is 1.00 e. The van der Waals surface area contributed by atoms with Gasteiger partial charge in [0.15, 0.2) is 0 Å². The molecule has 0 bridgehead atoms. The van der Waals surface area contributed by atoms with Crippen molar-refractivity contribution in [3.8, 4) is 0 Å². The van der Waals surface area contributed by atoms with E-state index >= 15 is 0 Å². The molecule has 4 aromatic rings. The summed E-state index contributed by atoms with van der Waals surface area (Å²) in [6.45, 7) is 13.9. The third-order valence-corrected chi connectivity index (χ3v) is 12.8. The second kappa shape index (κ2) is 10.5. The molecule has 0 aromatic heterocycles. The largest absolute Gasteiger partial charge is 4.00 e. The molecule has 0 amide bonds. The van der Waals surface area contributed by atoms with Gasteiger partial charge < -0.3 is 24.8 Å². The van der Waals surface area contributed by atoms with Crippen LogP contribution in [0.25, 0.3) is 21.5 Å².